The fourth-order valence-corrected chi connectivity index (χ4v) is 3.87. The number of aliphatic hydroxyl groups is 1. The van der Waals surface area contributed by atoms with Gasteiger partial charge in [-0.25, -0.2) is 0 Å². The minimum Gasteiger partial charge on any atom is -0.393 e. The summed E-state index contributed by atoms with van der Waals surface area (Å²) in [4.78, 5) is 14.3. The maximum Gasteiger partial charge on any atom is 0.222 e. The highest BCUT2D eigenvalue weighted by Crippen LogP contribution is 2.24. The van der Waals surface area contributed by atoms with Crippen molar-refractivity contribution >= 4 is 5.91 Å². The average molecular weight is 351 g/mol. The molecule has 1 N–H and O–H groups in total. The molecule has 138 valence electrons. The highest BCUT2D eigenvalue weighted by Gasteiger charge is 2.30. The second-order valence-electron chi connectivity index (χ2n) is 7.29. The standard InChI is InChI=1S/C23H29NO2/c25-22(18-20-10-5-2-6-11-20)15-13-21-14-16-23(26)24(21)17-7-12-19-8-3-1-4-9-19/h1-6,8-11,21-22,25H,7,12-18H2. The Labute approximate surface area is 156 Å². The van der Waals surface area contributed by atoms with Gasteiger partial charge in [-0.2, -0.15) is 0 Å². The van der Waals surface area contributed by atoms with E-state index in [-0.39, 0.29) is 12.0 Å². The van der Waals surface area contributed by atoms with Crippen molar-refractivity contribution in [1.29, 1.82) is 0 Å². The van der Waals surface area contributed by atoms with Crippen molar-refractivity contribution in [3.8, 4) is 0 Å². The average Bonchev–Trinajstić information content (AvgIpc) is 3.02. The van der Waals surface area contributed by atoms with E-state index in [1.807, 2.05) is 24.3 Å². The molecule has 0 saturated carbocycles. The van der Waals surface area contributed by atoms with Crippen molar-refractivity contribution in [2.75, 3.05) is 6.54 Å². The maximum atomic E-state index is 12.2. The Hall–Kier alpha value is -2.13. The molecular weight excluding hydrogens is 322 g/mol. The number of likely N-dealkylation sites (tertiary alicyclic amines) is 1. The Morgan fingerprint density at radius 1 is 1.00 bits per heavy atom. The number of hydrogen-bond donors (Lipinski definition) is 1. The molecule has 3 nitrogen and oxygen atoms in total. The number of hydrogen-bond acceptors (Lipinski definition) is 2. The van der Waals surface area contributed by atoms with Gasteiger partial charge < -0.3 is 10.0 Å². The third-order valence-electron chi connectivity index (χ3n) is 5.31. The van der Waals surface area contributed by atoms with Crippen LogP contribution in [0.25, 0.3) is 0 Å². The van der Waals surface area contributed by atoms with Crippen molar-refractivity contribution in [2.45, 2.75) is 57.1 Å². The van der Waals surface area contributed by atoms with Gasteiger partial charge in [-0.15, -0.1) is 0 Å². The fraction of sp³-hybridized carbons (Fsp3) is 0.435. The molecule has 1 heterocycles. The summed E-state index contributed by atoms with van der Waals surface area (Å²) >= 11 is 0. The summed E-state index contributed by atoms with van der Waals surface area (Å²) in [5.74, 6) is 0.278. The highest BCUT2D eigenvalue weighted by molar-refractivity contribution is 5.78. The van der Waals surface area contributed by atoms with Crippen molar-refractivity contribution in [2.24, 2.45) is 0 Å². The highest BCUT2D eigenvalue weighted by atomic mass is 16.3. The largest absolute Gasteiger partial charge is 0.393 e. The first-order valence-electron chi connectivity index (χ1n) is 9.78. The minimum absolute atomic E-state index is 0.278. The van der Waals surface area contributed by atoms with Crippen molar-refractivity contribution < 1.29 is 9.90 Å². The van der Waals surface area contributed by atoms with Crippen LogP contribution in [0, 0.1) is 0 Å². The Bertz CT molecular complexity index is 671. The van der Waals surface area contributed by atoms with Crippen molar-refractivity contribution in [3.05, 3.63) is 71.8 Å². The fourth-order valence-electron chi connectivity index (χ4n) is 3.87. The third kappa shape index (κ3) is 5.43. The second kappa shape index (κ2) is 9.54. The molecule has 0 aromatic heterocycles. The summed E-state index contributed by atoms with van der Waals surface area (Å²) in [5, 5.41) is 10.3. The van der Waals surface area contributed by atoms with Gasteiger partial charge in [0.25, 0.3) is 0 Å². The molecule has 0 radical (unpaired) electrons. The zero-order chi connectivity index (χ0) is 18.2. The lowest BCUT2D eigenvalue weighted by molar-refractivity contribution is -0.129. The molecule has 1 fully saturated rings. The molecule has 26 heavy (non-hydrogen) atoms. The lowest BCUT2D eigenvalue weighted by Crippen LogP contribution is -2.34. The summed E-state index contributed by atoms with van der Waals surface area (Å²) in [7, 11) is 0. The molecule has 1 amide bonds. The van der Waals surface area contributed by atoms with Crippen molar-refractivity contribution in [3.63, 3.8) is 0 Å². The van der Waals surface area contributed by atoms with Crippen LogP contribution in [0.15, 0.2) is 60.7 Å². The van der Waals surface area contributed by atoms with Crippen LogP contribution in [-0.2, 0) is 17.6 Å². The SMILES string of the molecule is O=C1CCC(CCC(O)Cc2ccccc2)N1CCCc1ccccc1. The number of carbonyl (C=O) groups is 1. The summed E-state index contributed by atoms with van der Waals surface area (Å²) in [6, 6.07) is 20.8. The molecule has 2 atom stereocenters. The monoisotopic (exact) mass is 351 g/mol. The van der Waals surface area contributed by atoms with E-state index in [2.05, 4.69) is 41.3 Å². The van der Waals surface area contributed by atoms with E-state index in [0.717, 1.165) is 38.6 Å². The summed E-state index contributed by atoms with van der Waals surface area (Å²) in [6.07, 6.45) is 5.60. The van der Waals surface area contributed by atoms with Crippen LogP contribution in [0.4, 0.5) is 0 Å². The third-order valence-corrected chi connectivity index (χ3v) is 5.31. The van der Waals surface area contributed by atoms with Crippen LogP contribution in [0.5, 0.6) is 0 Å². The van der Waals surface area contributed by atoms with Gasteiger partial charge in [-0.1, -0.05) is 60.7 Å². The van der Waals surface area contributed by atoms with Gasteiger partial charge in [0, 0.05) is 19.0 Å². The van der Waals surface area contributed by atoms with E-state index < -0.39 is 0 Å². The molecule has 1 aliphatic heterocycles. The number of aryl methyl sites for hydroxylation is 1. The minimum atomic E-state index is -0.334. The normalized spacial score (nSPS) is 18.3. The second-order valence-corrected chi connectivity index (χ2v) is 7.29. The van der Waals surface area contributed by atoms with Crippen molar-refractivity contribution in [1.82, 2.24) is 4.90 Å². The summed E-state index contributed by atoms with van der Waals surface area (Å²) < 4.78 is 0. The Kier molecular flexibility index (Phi) is 6.84. The first kappa shape index (κ1) is 18.7. The molecular formula is C23H29NO2. The van der Waals surface area contributed by atoms with Gasteiger partial charge >= 0.3 is 0 Å². The predicted octanol–water partition coefficient (Wildman–Crippen LogP) is 3.99. The van der Waals surface area contributed by atoms with Crippen LogP contribution < -0.4 is 0 Å². The Morgan fingerprint density at radius 2 is 1.65 bits per heavy atom. The molecule has 2 aromatic carbocycles. The van der Waals surface area contributed by atoms with E-state index in [1.165, 1.54) is 11.1 Å². The smallest absolute Gasteiger partial charge is 0.222 e. The van der Waals surface area contributed by atoms with Crippen LogP contribution in [0.1, 0.15) is 43.2 Å². The molecule has 0 aliphatic carbocycles. The molecule has 1 aliphatic rings. The van der Waals surface area contributed by atoms with E-state index in [9.17, 15) is 9.90 Å². The lowest BCUT2D eigenvalue weighted by atomic mass is 10.0. The molecule has 2 aromatic rings. The zero-order valence-corrected chi connectivity index (χ0v) is 15.4. The quantitative estimate of drug-likeness (QED) is 0.742. The van der Waals surface area contributed by atoms with E-state index in [4.69, 9.17) is 0 Å². The molecule has 3 rings (SSSR count). The van der Waals surface area contributed by atoms with Crippen LogP contribution in [0.2, 0.25) is 0 Å². The topological polar surface area (TPSA) is 40.5 Å². The van der Waals surface area contributed by atoms with E-state index in [1.54, 1.807) is 0 Å². The molecule has 1 saturated heterocycles. The predicted molar refractivity (Wildman–Crippen MR) is 105 cm³/mol. The van der Waals surface area contributed by atoms with Gasteiger partial charge in [0.15, 0.2) is 0 Å². The van der Waals surface area contributed by atoms with Crippen LogP contribution in [-0.4, -0.2) is 34.6 Å². The summed E-state index contributed by atoms with van der Waals surface area (Å²) in [5.41, 5.74) is 2.50. The van der Waals surface area contributed by atoms with Gasteiger partial charge in [-0.3, -0.25) is 4.79 Å². The van der Waals surface area contributed by atoms with E-state index in [0.29, 0.717) is 18.9 Å². The summed E-state index contributed by atoms with van der Waals surface area (Å²) in [6.45, 7) is 0.827. The molecule has 2 unspecified atom stereocenters. The van der Waals surface area contributed by atoms with Gasteiger partial charge in [-0.05, 0) is 49.7 Å². The van der Waals surface area contributed by atoms with Gasteiger partial charge in [0.2, 0.25) is 5.91 Å². The number of carbonyl (C=O) groups excluding carboxylic acids is 1. The Morgan fingerprint density at radius 3 is 2.35 bits per heavy atom. The van der Waals surface area contributed by atoms with Gasteiger partial charge in [0.05, 0.1) is 6.10 Å². The molecule has 3 heteroatoms. The molecule has 0 spiro atoms. The number of benzene rings is 2. The number of amides is 1. The first-order chi connectivity index (χ1) is 12.7. The number of rotatable bonds is 9. The van der Waals surface area contributed by atoms with Crippen LogP contribution in [0.3, 0.4) is 0 Å². The Balaban J connectivity index is 1.43. The lowest BCUT2D eigenvalue weighted by Gasteiger charge is -2.26. The van der Waals surface area contributed by atoms with Gasteiger partial charge in [0.1, 0.15) is 0 Å². The van der Waals surface area contributed by atoms with E-state index >= 15 is 0 Å². The number of aliphatic hydroxyl groups excluding tert-OH is 1. The van der Waals surface area contributed by atoms with Crippen LogP contribution >= 0.6 is 0 Å². The molecule has 0 bridgehead atoms. The zero-order valence-electron chi connectivity index (χ0n) is 15.4. The number of nitrogens with zero attached hydrogens (tertiary/aromatic N) is 1. The first-order valence-corrected chi connectivity index (χ1v) is 9.78. The maximum absolute atomic E-state index is 12.2.